The van der Waals surface area contributed by atoms with Crippen LogP contribution in [0.15, 0.2) is 5.10 Å². The number of rotatable bonds is 11. The molecule has 0 bridgehead atoms. The summed E-state index contributed by atoms with van der Waals surface area (Å²) >= 11 is 0. The largest absolute Gasteiger partial charge is 0.462 e. The van der Waals surface area contributed by atoms with Gasteiger partial charge < -0.3 is 29.4 Å². The van der Waals surface area contributed by atoms with Gasteiger partial charge in [0.05, 0.1) is 6.21 Å². The molecule has 0 unspecified atom stereocenters. The Balaban J connectivity index is 6.30. The second-order valence-electron chi connectivity index (χ2n) is 5.93. The molecule has 0 saturated heterocycles. The van der Waals surface area contributed by atoms with Crippen molar-refractivity contribution in [3.05, 3.63) is 0 Å². The fourth-order valence-electron chi connectivity index (χ4n) is 2.22. The first-order chi connectivity index (χ1) is 14.3. The molecule has 3 N–H and O–H groups in total. The Labute approximate surface area is 177 Å². The maximum atomic E-state index is 11.7. The van der Waals surface area contributed by atoms with Gasteiger partial charge in [0.2, 0.25) is 0 Å². The monoisotopic (exact) mass is 447 g/mol. The van der Waals surface area contributed by atoms with Crippen LogP contribution >= 0.6 is 0 Å². The maximum absolute atomic E-state index is 11.7. The molecule has 0 aromatic heterocycles. The number of hydrogen-bond acceptors (Lipinski definition) is 12. The van der Waals surface area contributed by atoms with Crippen molar-refractivity contribution >= 4 is 42.1 Å². The van der Waals surface area contributed by atoms with E-state index in [4.69, 9.17) is 29.4 Å². The molecule has 0 rings (SSSR count). The van der Waals surface area contributed by atoms with Crippen molar-refractivity contribution < 1.29 is 52.5 Å². The second-order valence-corrected chi connectivity index (χ2v) is 5.93. The van der Waals surface area contributed by atoms with Gasteiger partial charge in [0.15, 0.2) is 24.4 Å². The molecule has 4 atom stereocenters. The molecule has 0 aromatic rings. The number of nitrogens with one attached hydrogen (secondary N) is 1. The van der Waals surface area contributed by atoms with Gasteiger partial charge >= 0.3 is 35.9 Å². The van der Waals surface area contributed by atoms with E-state index >= 15 is 0 Å². The summed E-state index contributed by atoms with van der Waals surface area (Å²) in [6.45, 7) is 4.57. The summed E-state index contributed by atoms with van der Waals surface area (Å²) in [5, 5.41) is 3.46. The zero-order valence-electron chi connectivity index (χ0n) is 17.6. The minimum Gasteiger partial charge on any atom is -0.462 e. The Morgan fingerprint density at radius 3 is 1.68 bits per heavy atom. The van der Waals surface area contributed by atoms with Gasteiger partial charge in [0, 0.05) is 34.6 Å². The van der Waals surface area contributed by atoms with Gasteiger partial charge in [-0.05, 0) is 0 Å². The lowest BCUT2D eigenvalue weighted by molar-refractivity contribution is -0.197. The first-order valence-electron chi connectivity index (χ1n) is 8.74. The average Bonchev–Trinajstić information content (AvgIpc) is 2.59. The highest BCUT2D eigenvalue weighted by Gasteiger charge is 2.43. The Morgan fingerprint density at radius 2 is 1.26 bits per heavy atom. The minimum atomic E-state index is -1.64. The van der Waals surface area contributed by atoms with Gasteiger partial charge in [-0.15, -0.1) is 0 Å². The van der Waals surface area contributed by atoms with Crippen LogP contribution in [0.3, 0.4) is 0 Å². The summed E-state index contributed by atoms with van der Waals surface area (Å²) in [6.07, 6.45) is -5.43. The summed E-state index contributed by atoms with van der Waals surface area (Å²) in [7, 11) is 0. The summed E-state index contributed by atoms with van der Waals surface area (Å²) in [4.78, 5) is 68.5. The predicted octanol–water partition coefficient (Wildman–Crippen LogP) is -1.07. The van der Waals surface area contributed by atoms with Crippen LogP contribution < -0.4 is 11.2 Å². The van der Waals surface area contributed by atoms with Gasteiger partial charge in [-0.2, -0.15) is 5.10 Å². The van der Waals surface area contributed by atoms with Crippen molar-refractivity contribution in [3.8, 4) is 0 Å². The number of nitrogens with two attached hydrogens (primary N) is 1. The number of hydrazone groups is 1. The van der Waals surface area contributed by atoms with Crippen molar-refractivity contribution in [1.82, 2.24) is 5.43 Å². The van der Waals surface area contributed by atoms with Gasteiger partial charge in [-0.1, -0.05) is 0 Å². The molecular weight excluding hydrogens is 422 g/mol. The number of ether oxygens (including phenoxy) is 5. The van der Waals surface area contributed by atoms with E-state index in [1.165, 1.54) is 0 Å². The fraction of sp³-hybridized carbons (Fsp3) is 0.588. The zero-order valence-corrected chi connectivity index (χ0v) is 17.6. The molecule has 0 fully saturated rings. The third-order valence-corrected chi connectivity index (χ3v) is 3.08. The van der Waals surface area contributed by atoms with Crippen molar-refractivity contribution in [3.63, 3.8) is 0 Å². The Morgan fingerprint density at radius 1 is 0.774 bits per heavy atom. The highest BCUT2D eigenvalue weighted by atomic mass is 16.6. The molecule has 14 heteroatoms. The predicted molar refractivity (Wildman–Crippen MR) is 100 cm³/mol. The van der Waals surface area contributed by atoms with Gasteiger partial charge in [-0.25, -0.2) is 10.2 Å². The number of carbonyl (C=O) groups excluding carboxylic acids is 6. The van der Waals surface area contributed by atoms with E-state index < -0.39 is 66.9 Å². The van der Waals surface area contributed by atoms with Crippen LogP contribution in [-0.4, -0.2) is 73.1 Å². The zero-order chi connectivity index (χ0) is 24.1. The molecule has 2 amide bonds. The lowest BCUT2D eigenvalue weighted by Gasteiger charge is -2.34. The minimum absolute atomic E-state index is 0.589. The van der Waals surface area contributed by atoms with E-state index in [1.54, 1.807) is 0 Å². The van der Waals surface area contributed by atoms with Crippen LogP contribution in [0.2, 0.25) is 0 Å². The highest BCUT2D eigenvalue weighted by molar-refractivity contribution is 5.76. The van der Waals surface area contributed by atoms with E-state index in [9.17, 15) is 28.8 Å². The molecule has 0 saturated carbocycles. The molecule has 0 heterocycles. The summed E-state index contributed by atoms with van der Waals surface area (Å²) in [5.41, 5.74) is 6.75. The van der Waals surface area contributed by atoms with E-state index in [2.05, 4.69) is 5.10 Å². The molecule has 14 nitrogen and oxygen atoms in total. The summed E-state index contributed by atoms with van der Waals surface area (Å²) in [6, 6.07) is -1.05. The lowest BCUT2D eigenvalue weighted by Crippen LogP contribution is -2.53. The first-order valence-corrected chi connectivity index (χ1v) is 8.74. The van der Waals surface area contributed by atoms with E-state index in [1.807, 2.05) is 5.43 Å². The number of carbonyl (C=O) groups is 6. The number of esters is 5. The van der Waals surface area contributed by atoms with Crippen LogP contribution in [0, 0.1) is 0 Å². The maximum Gasteiger partial charge on any atom is 0.332 e. The summed E-state index contributed by atoms with van der Waals surface area (Å²) in [5.74, 6) is -4.24. The van der Waals surface area contributed by atoms with Crippen molar-refractivity contribution in [2.75, 3.05) is 6.61 Å². The lowest BCUT2D eigenvalue weighted by atomic mass is 10.0. The average molecular weight is 447 g/mol. The van der Waals surface area contributed by atoms with E-state index in [-0.39, 0.29) is 0 Å². The first kappa shape index (κ1) is 27.3. The van der Waals surface area contributed by atoms with E-state index in [0.29, 0.717) is 0 Å². The van der Waals surface area contributed by atoms with E-state index in [0.717, 1.165) is 40.8 Å². The smallest absolute Gasteiger partial charge is 0.332 e. The van der Waals surface area contributed by atoms with Crippen LogP contribution in [0.25, 0.3) is 0 Å². The Hall–Kier alpha value is -3.71. The number of primary amides is 1. The van der Waals surface area contributed by atoms with Gasteiger partial charge in [0.25, 0.3) is 0 Å². The molecule has 0 spiro atoms. The summed E-state index contributed by atoms with van der Waals surface area (Å²) < 4.78 is 25.2. The SMILES string of the molecule is CC(=O)OC[C@@H](OC(C)=O)[C@@H](OC(C)=O)[C@H](OC(C)=O)[C@@H](C=NNC(N)=O)OC(C)=O. The number of hydrogen-bond donors (Lipinski definition) is 2. The fourth-order valence-corrected chi connectivity index (χ4v) is 2.22. The van der Waals surface area contributed by atoms with Crippen molar-refractivity contribution in [2.45, 2.75) is 59.0 Å². The number of amides is 2. The highest BCUT2D eigenvalue weighted by Crippen LogP contribution is 2.19. The number of nitrogens with zero attached hydrogens (tertiary/aromatic N) is 1. The standard InChI is InChI=1S/C17H25N3O11/c1-8(21)27-7-14(29-10(3)23)16(31-12(5)25)15(30-11(4)24)13(28-9(2)22)6-19-20-17(18)26/h6,13-16H,7H2,1-5H3,(H3,18,20,26)/t13-,14-,15-,16-/m1/s1. The third kappa shape index (κ3) is 12.5. The van der Waals surface area contributed by atoms with Crippen LogP contribution in [0.5, 0.6) is 0 Å². The number of urea groups is 1. The molecule has 0 radical (unpaired) electrons. The van der Waals surface area contributed by atoms with Crippen LogP contribution in [0.4, 0.5) is 4.79 Å². The molecule has 0 aromatic carbocycles. The molecule has 0 aliphatic rings. The molecule has 0 aliphatic carbocycles. The van der Waals surface area contributed by atoms with Crippen molar-refractivity contribution in [1.29, 1.82) is 0 Å². The molecular formula is C17H25N3O11. The Kier molecular flexibility index (Phi) is 11.9. The van der Waals surface area contributed by atoms with Crippen LogP contribution in [-0.2, 0) is 47.7 Å². The van der Waals surface area contributed by atoms with Gasteiger partial charge in [0.1, 0.15) is 6.61 Å². The molecule has 0 aliphatic heterocycles. The van der Waals surface area contributed by atoms with Gasteiger partial charge in [-0.3, -0.25) is 24.0 Å². The second kappa shape index (κ2) is 13.5. The third-order valence-electron chi connectivity index (χ3n) is 3.08. The normalized spacial score (nSPS) is 14.4. The van der Waals surface area contributed by atoms with Crippen molar-refractivity contribution in [2.24, 2.45) is 10.8 Å². The quantitative estimate of drug-likeness (QED) is 0.169. The topological polar surface area (TPSA) is 199 Å². The molecule has 174 valence electrons. The van der Waals surface area contributed by atoms with Crippen LogP contribution in [0.1, 0.15) is 34.6 Å². The molecule has 31 heavy (non-hydrogen) atoms. The Bertz CT molecular complexity index is 722.